The molecule has 1 unspecified atom stereocenters. The standard InChI is InChI=1S/C14H16N4O.ClH/c19-14(13-3-1-8-15-13)17-11-4-6-12(7-5-11)18-10-2-9-16-18;/h2,4-7,9-10,13,15H,1,3,8H2,(H,17,19);1H. The van der Waals surface area contributed by atoms with Crippen LogP contribution in [-0.4, -0.2) is 28.3 Å². The van der Waals surface area contributed by atoms with Crippen molar-refractivity contribution in [1.82, 2.24) is 15.1 Å². The molecule has 3 rings (SSSR count). The molecule has 1 atom stereocenters. The van der Waals surface area contributed by atoms with Crippen molar-refractivity contribution in [2.24, 2.45) is 0 Å². The maximum Gasteiger partial charge on any atom is 0.241 e. The number of carbonyl (C=O) groups excluding carboxylic acids is 1. The minimum absolute atomic E-state index is 0. The third-order valence-electron chi connectivity index (χ3n) is 3.28. The second-order valence-corrected chi connectivity index (χ2v) is 4.64. The number of amides is 1. The Balaban J connectivity index is 0.00000147. The van der Waals surface area contributed by atoms with Crippen LogP contribution >= 0.6 is 12.4 Å². The van der Waals surface area contributed by atoms with Crippen LogP contribution in [-0.2, 0) is 4.79 Å². The van der Waals surface area contributed by atoms with Gasteiger partial charge in [0.2, 0.25) is 5.91 Å². The Labute approximate surface area is 123 Å². The molecule has 2 N–H and O–H groups in total. The smallest absolute Gasteiger partial charge is 0.241 e. The Bertz CT molecular complexity index is 547. The normalized spacial score (nSPS) is 17.5. The lowest BCUT2D eigenvalue weighted by Gasteiger charge is -2.11. The molecule has 2 aromatic rings. The van der Waals surface area contributed by atoms with E-state index in [1.807, 2.05) is 36.5 Å². The zero-order chi connectivity index (χ0) is 13.1. The first kappa shape index (κ1) is 14.6. The van der Waals surface area contributed by atoms with E-state index >= 15 is 0 Å². The van der Waals surface area contributed by atoms with Gasteiger partial charge < -0.3 is 10.6 Å². The van der Waals surface area contributed by atoms with Crippen LogP contribution < -0.4 is 10.6 Å². The van der Waals surface area contributed by atoms with Gasteiger partial charge in [-0.25, -0.2) is 4.68 Å². The third kappa shape index (κ3) is 3.18. The lowest BCUT2D eigenvalue weighted by molar-refractivity contribution is -0.117. The molecule has 1 fully saturated rings. The van der Waals surface area contributed by atoms with Gasteiger partial charge in [-0.15, -0.1) is 12.4 Å². The molecule has 5 nitrogen and oxygen atoms in total. The van der Waals surface area contributed by atoms with E-state index in [2.05, 4.69) is 15.7 Å². The van der Waals surface area contributed by atoms with Crippen molar-refractivity contribution in [3.8, 4) is 5.69 Å². The summed E-state index contributed by atoms with van der Waals surface area (Å²) in [6.45, 7) is 0.927. The van der Waals surface area contributed by atoms with Crippen molar-refractivity contribution in [3.05, 3.63) is 42.7 Å². The predicted molar refractivity (Wildman–Crippen MR) is 80.5 cm³/mol. The molecule has 1 aromatic carbocycles. The molecule has 0 saturated carbocycles. The van der Waals surface area contributed by atoms with Gasteiger partial charge in [-0.3, -0.25) is 4.79 Å². The highest BCUT2D eigenvalue weighted by Crippen LogP contribution is 2.14. The number of carbonyl (C=O) groups is 1. The Morgan fingerprint density at radius 2 is 2.15 bits per heavy atom. The summed E-state index contributed by atoms with van der Waals surface area (Å²) in [4.78, 5) is 11.9. The van der Waals surface area contributed by atoms with E-state index in [-0.39, 0.29) is 24.4 Å². The zero-order valence-corrected chi connectivity index (χ0v) is 11.8. The fraction of sp³-hybridized carbons (Fsp3) is 0.286. The molecule has 2 heterocycles. The maximum atomic E-state index is 11.9. The van der Waals surface area contributed by atoms with E-state index in [1.165, 1.54) is 0 Å². The number of rotatable bonds is 3. The second kappa shape index (κ2) is 6.54. The lowest BCUT2D eigenvalue weighted by Crippen LogP contribution is -2.35. The van der Waals surface area contributed by atoms with Gasteiger partial charge in [0.25, 0.3) is 0 Å². The van der Waals surface area contributed by atoms with E-state index in [1.54, 1.807) is 10.9 Å². The first-order valence-electron chi connectivity index (χ1n) is 6.47. The number of nitrogens with zero attached hydrogens (tertiary/aromatic N) is 2. The van der Waals surface area contributed by atoms with Gasteiger partial charge in [0, 0.05) is 18.1 Å². The SMILES string of the molecule is Cl.O=C(Nc1ccc(-n2cccn2)cc1)C1CCCN1. The molecule has 1 aliphatic rings. The summed E-state index contributed by atoms with van der Waals surface area (Å²) in [5.74, 6) is 0.0457. The van der Waals surface area contributed by atoms with Gasteiger partial charge in [-0.05, 0) is 49.7 Å². The Hall–Kier alpha value is -1.85. The predicted octanol–water partition coefficient (Wildman–Crippen LogP) is 1.98. The average molecular weight is 293 g/mol. The summed E-state index contributed by atoms with van der Waals surface area (Å²) in [6, 6.07) is 9.48. The minimum atomic E-state index is -0.0502. The molecular weight excluding hydrogens is 276 g/mol. The van der Waals surface area contributed by atoms with Gasteiger partial charge in [0.15, 0.2) is 0 Å². The summed E-state index contributed by atoms with van der Waals surface area (Å²) in [5.41, 5.74) is 1.79. The van der Waals surface area contributed by atoms with Gasteiger partial charge >= 0.3 is 0 Å². The van der Waals surface area contributed by atoms with Crippen molar-refractivity contribution in [3.63, 3.8) is 0 Å². The molecule has 20 heavy (non-hydrogen) atoms. The van der Waals surface area contributed by atoms with Gasteiger partial charge in [-0.1, -0.05) is 0 Å². The number of aromatic nitrogens is 2. The van der Waals surface area contributed by atoms with Gasteiger partial charge in [0.05, 0.1) is 11.7 Å². The Morgan fingerprint density at radius 1 is 1.35 bits per heavy atom. The summed E-state index contributed by atoms with van der Waals surface area (Å²) < 4.78 is 1.78. The molecule has 106 valence electrons. The van der Waals surface area contributed by atoms with Crippen LogP contribution in [0.3, 0.4) is 0 Å². The summed E-state index contributed by atoms with van der Waals surface area (Å²) >= 11 is 0. The summed E-state index contributed by atoms with van der Waals surface area (Å²) in [7, 11) is 0. The molecule has 6 heteroatoms. The van der Waals surface area contributed by atoms with Crippen LogP contribution in [0.4, 0.5) is 5.69 Å². The molecule has 1 aromatic heterocycles. The number of anilines is 1. The van der Waals surface area contributed by atoms with E-state index in [0.29, 0.717) is 0 Å². The molecule has 1 saturated heterocycles. The molecule has 0 bridgehead atoms. The third-order valence-corrected chi connectivity index (χ3v) is 3.28. The topological polar surface area (TPSA) is 59.0 Å². The quantitative estimate of drug-likeness (QED) is 0.909. The second-order valence-electron chi connectivity index (χ2n) is 4.64. The van der Waals surface area contributed by atoms with Crippen molar-refractivity contribution in [2.45, 2.75) is 18.9 Å². The minimum Gasteiger partial charge on any atom is -0.325 e. The van der Waals surface area contributed by atoms with Crippen molar-refractivity contribution in [1.29, 1.82) is 0 Å². The number of nitrogens with one attached hydrogen (secondary N) is 2. The molecule has 0 radical (unpaired) electrons. The van der Waals surface area contributed by atoms with Crippen molar-refractivity contribution < 1.29 is 4.79 Å². The molecule has 1 amide bonds. The summed E-state index contributed by atoms with van der Waals surface area (Å²) in [6.07, 6.45) is 5.60. The lowest BCUT2D eigenvalue weighted by atomic mass is 10.2. The Morgan fingerprint density at radius 3 is 2.75 bits per heavy atom. The largest absolute Gasteiger partial charge is 0.325 e. The van der Waals surface area contributed by atoms with Crippen LogP contribution in [0.25, 0.3) is 5.69 Å². The average Bonchev–Trinajstić information content (AvgIpc) is 3.13. The fourth-order valence-electron chi connectivity index (χ4n) is 2.26. The van der Waals surface area contributed by atoms with Crippen molar-refractivity contribution >= 4 is 24.0 Å². The van der Waals surface area contributed by atoms with E-state index < -0.39 is 0 Å². The van der Waals surface area contributed by atoms with E-state index in [4.69, 9.17) is 0 Å². The van der Waals surface area contributed by atoms with Crippen LogP contribution in [0.15, 0.2) is 42.7 Å². The highest BCUT2D eigenvalue weighted by Gasteiger charge is 2.21. The fourth-order valence-corrected chi connectivity index (χ4v) is 2.26. The number of halogens is 1. The highest BCUT2D eigenvalue weighted by molar-refractivity contribution is 5.95. The maximum absolute atomic E-state index is 11.9. The number of benzene rings is 1. The van der Waals surface area contributed by atoms with E-state index in [9.17, 15) is 4.79 Å². The first-order chi connectivity index (χ1) is 9.33. The molecule has 1 aliphatic heterocycles. The van der Waals surface area contributed by atoms with Crippen LogP contribution in [0, 0.1) is 0 Å². The monoisotopic (exact) mass is 292 g/mol. The van der Waals surface area contributed by atoms with Gasteiger partial charge in [-0.2, -0.15) is 5.10 Å². The molecule has 0 aliphatic carbocycles. The number of hydrogen-bond donors (Lipinski definition) is 2. The summed E-state index contributed by atoms with van der Waals surface area (Å²) in [5, 5.41) is 10.3. The highest BCUT2D eigenvalue weighted by atomic mass is 35.5. The van der Waals surface area contributed by atoms with E-state index in [0.717, 1.165) is 30.8 Å². The van der Waals surface area contributed by atoms with Crippen LogP contribution in [0.2, 0.25) is 0 Å². The molecular formula is C14H17ClN4O. The van der Waals surface area contributed by atoms with Crippen molar-refractivity contribution in [2.75, 3.05) is 11.9 Å². The van der Waals surface area contributed by atoms with Crippen LogP contribution in [0.5, 0.6) is 0 Å². The number of hydrogen-bond acceptors (Lipinski definition) is 3. The zero-order valence-electron chi connectivity index (χ0n) is 11.0. The van der Waals surface area contributed by atoms with Crippen LogP contribution in [0.1, 0.15) is 12.8 Å². The van der Waals surface area contributed by atoms with Gasteiger partial charge in [0.1, 0.15) is 0 Å². The Kier molecular flexibility index (Phi) is 4.76. The molecule has 0 spiro atoms. The first-order valence-corrected chi connectivity index (χ1v) is 6.47.